The van der Waals surface area contributed by atoms with Crippen molar-refractivity contribution in [3.05, 3.63) is 90.4 Å². The molecule has 0 unspecified atom stereocenters. The molecule has 6 heteroatoms. The molecule has 31 heavy (non-hydrogen) atoms. The lowest BCUT2D eigenvalue weighted by molar-refractivity contribution is -0.115. The van der Waals surface area contributed by atoms with Crippen molar-refractivity contribution in [2.45, 2.75) is 32.6 Å². The van der Waals surface area contributed by atoms with Crippen LogP contribution >= 0.6 is 0 Å². The fourth-order valence-corrected chi connectivity index (χ4v) is 3.21. The third-order valence-electron chi connectivity index (χ3n) is 4.91. The molecule has 2 aromatic carbocycles. The van der Waals surface area contributed by atoms with E-state index in [0.717, 1.165) is 22.4 Å². The van der Waals surface area contributed by atoms with E-state index < -0.39 is 0 Å². The van der Waals surface area contributed by atoms with Crippen LogP contribution in [0.1, 0.15) is 32.0 Å². The summed E-state index contributed by atoms with van der Waals surface area (Å²) in [6, 6.07) is 21.9. The van der Waals surface area contributed by atoms with Crippen LogP contribution in [0.15, 0.2) is 79.1 Å². The molecular weight excluding hydrogens is 386 g/mol. The Morgan fingerprint density at radius 1 is 0.903 bits per heavy atom. The molecule has 6 nitrogen and oxygen atoms in total. The molecule has 0 aliphatic carbocycles. The van der Waals surface area contributed by atoms with E-state index >= 15 is 0 Å². The average Bonchev–Trinajstić information content (AvgIpc) is 3.20. The molecular formula is C25H25N5O. The molecule has 1 amide bonds. The summed E-state index contributed by atoms with van der Waals surface area (Å²) in [6.07, 6.45) is 3.57. The van der Waals surface area contributed by atoms with E-state index in [1.165, 1.54) is 0 Å². The Morgan fingerprint density at radius 2 is 1.55 bits per heavy atom. The van der Waals surface area contributed by atoms with Gasteiger partial charge < -0.3 is 5.32 Å². The van der Waals surface area contributed by atoms with Gasteiger partial charge in [0.2, 0.25) is 5.91 Å². The Balaban J connectivity index is 1.52. The van der Waals surface area contributed by atoms with Gasteiger partial charge in [-0.15, -0.1) is 0 Å². The summed E-state index contributed by atoms with van der Waals surface area (Å²) in [5.41, 5.74) is 3.89. The van der Waals surface area contributed by atoms with Crippen molar-refractivity contribution in [2.24, 2.45) is 0 Å². The molecule has 0 atom stereocenters. The molecule has 2 heterocycles. The summed E-state index contributed by atoms with van der Waals surface area (Å²) < 4.78 is 1.58. The number of amides is 1. The van der Waals surface area contributed by atoms with E-state index in [1.54, 1.807) is 23.1 Å². The van der Waals surface area contributed by atoms with Crippen LogP contribution in [-0.4, -0.2) is 25.7 Å². The standard InChI is InChI=1S/C25H25N5O/c1-25(2,3)21-17-22(30(29-21)24-26-14-7-15-27-24)28-23(31)16-18-10-12-20(13-11-18)19-8-5-4-6-9-19/h4-15,17H,16H2,1-3H3,(H,28,31). The first-order valence-electron chi connectivity index (χ1n) is 10.2. The minimum Gasteiger partial charge on any atom is -0.310 e. The largest absolute Gasteiger partial charge is 0.310 e. The van der Waals surface area contributed by atoms with Crippen molar-refractivity contribution in [1.29, 1.82) is 0 Å². The molecule has 0 spiro atoms. The zero-order valence-corrected chi connectivity index (χ0v) is 17.9. The van der Waals surface area contributed by atoms with E-state index in [4.69, 9.17) is 0 Å². The van der Waals surface area contributed by atoms with Gasteiger partial charge in [-0.05, 0) is 22.8 Å². The predicted octanol–water partition coefficient (Wildman–Crippen LogP) is 4.81. The number of hydrogen-bond acceptors (Lipinski definition) is 4. The van der Waals surface area contributed by atoms with Gasteiger partial charge in [-0.3, -0.25) is 4.79 Å². The van der Waals surface area contributed by atoms with E-state index in [2.05, 4.69) is 53.3 Å². The smallest absolute Gasteiger partial charge is 0.252 e. The Bertz CT molecular complexity index is 1160. The normalized spacial score (nSPS) is 11.3. The van der Waals surface area contributed by atoms with Crippen molar-refractivity contribution in [2.75, 3.05) is 5.32 Å². The lowest BCUT2D eigenvalue weighted by Gasteiger charge is -2.13. The van der Waals surface area contributed by atoms with Crippen LogP contribution in [0.4, 0.5) is 5.82 Å². The number of carbonyl (C=O) groups is 1. The maximum absolute atomic E-state index is 12.8. The van der Waals surface area contributed by atoms with Gasteiger partial charge in [0.1, 0.15) is 5.82 Å². The number of benzene rings is 2. The third kappa shape index (κ3) is 4.86. The monoisotopic (exact) mass is 411 g/mol. The lowest BCUT2D eigenvalue weighted by atomic mass is 9.92. The summed E-state index contributed by atoms with van der Waals surface area (Å²) in [6.45, 7) is 6.22. The van der Waals surface area contributed by atoms with Crippen LogP contribution in [-0.2, 0) is 16.6 Å². The molecule has 0 aliphatic heterocycles. The van der Waals surface area contributed by atoms with Crippen LogP contribution in [0.5, 0.6) is 0 Å². The predicted molar refractivity (Wildman–Crippen MR) is 122 cm³/mol. The first kappa shape index (κ1) is 20.5. The fraction of sp³-hybridized carbons (Fsp3) is 0.200. The topological polar surface area (TPSA) is 72.7 Å². The zero-order chi connectivity index (χ0) is 21.8. The van der Waals surface area contributed by atoms with Gasteiger partial charge in [0, 0.05) is 23.9 Å². The first-order chi connectivity index (χ1) is 14.9. The highest BCUT2D eigenvalue weighted by Gasteiger charge is 2.22. The SMILES string of the molecule is CC(C)(C)c1cc(NC(=O)Cc2ccc(-c3ccccc3)cc2)n(-c2ncccn2)n1. The van der Waals surface area contributed by atoms with Crippen molar-refractivity contribution in [3.63, 3.8) is 0 Å². The van der Waals surface area contributed by atoms with Gasteiger partial charge in [0.05, 0.1) is 12.1 Å². The molecule has 0 bridgehead atoms. The molecule has 0 saturated heterocycles. The first-order valence-corrected chi connectivity index (χ1v) is 10.2. The van der Waals surface area contributed by atoms with Crippen LogP contribution < -0.4 is 5.32 Å². The highest BCUT2D eigenvalue weighted by Crippen LogP contribution is 2.25. The number of hydrogen-bond donors (Lipinski definition) is 1. The van der Waals surface area contributed by atoms with Crippen LogP contribution in [0.3, 0.4) is 0 Å². The van der Waals surface area contributed by atoms with E-state index in [0.29, 0.717) is 11.8 Å². The van der Waals surface area contributed by atoms with Crippen LogP contribution in [0.25, 0.3) is 17.1 Å². The van der Waals surface area contributed by atoms with Gasteiger partial charge in [0.25, 0.3) is 5.95 Å². The second-order valence-electron chi connectivity index (χ2n) is 8.41. The Morgan fingerprint density at radius 3 is 2.19 bits per heavy atom. The molecule has 4 rings (SSSR count). The minimum atomic E-state index is -0.174. The summed E-state index contributed by atoms with van der Waals surface area (Å²) in [4.78, 5) is 21.3. The summed E-state index contributed by atoms with van der Waals surface area (Å²) in [7, 11) is 0. The van der Waals surface area contributed by atoms with Crippen LogP contribution in [0.2, 0.25) is 0 Å². The number of rotatable bonds is 5. The second-order valence-corrected chi connectivity index (χ2v) is 8.41. The zero-order valence-electron chi connectivity index (χ0n) is 17.9. The fourth-order valence-electron chi connectivity index (χ4n) is 3.21. The molecule has 156 valence electrons. The number of nitrogens with zero attached hydrogens (tertiary/aromatic N) is 4. The van der Waals surface area contributed by atoms with Gasteiger partial charge in [-0.1, -0.05) is 75.4 Å². The van der Waals surface area contributed by atoms with Gasteiger partial charge in [-0.25, -0.2) is 9.97 Å². The summed E-state index contributed by atoms with van der Waals surface area (Å²) >= 11 is 0. The Labute approximate surface area is 182 Å². The lowest BCUT2D eigenvalue weighted by Crippen LogP contribution is -2.18. The molecule has 0 radical (unpaired) electrons. The second kappa shape index (κ2) is 8.52. The van der Waals surface area contributed by atoms with Crippen molar-refractivity contribution in [1.82, 2.24) is 19.7 Å². The number of aromatic nitrogens is 4. The van der Waals surface area contributed by atoms with Crippen LogP contribution in [0, 0.1) is 0 Å². The van der Waals surface area contributed by atoms with Gasteiger partial charge in [0.15, 0.2) is 0 Å². The quantitative estimate of drug-likeness (QED) is 0.512. The van der Waals surface area contributed by atoms with Crippen molar-refractivity contribution < 1.29 is 4.79 Å². The van der Waals surface area contributed by atoms with Crippen molar-refractivity contribution >= 4 is 11.7 Å². The van der Waals surface area contributed by atoms with Gasteiger partial charge in [-0.2, -0.15) is 9.78 Å². The van der Waals surface area contributed by atoms with E-state index in [9.17, 15) is 4.79 Å². The molecule has 0 saturated carbocycles. The minimum absolute atomic E-state index is 0.120. The van der Waals surface area contributed by atoms with Gasteiger partial charge >= 0.3 is 0 Å². The summed E-state index contributed by atoms with van der Waals surface area (Å²) in [5, 5.41) is 7.61. The Kier molecular flexibility index (Phi) is 5.62. The average molecular weight is 412 g/mol. The van der Waals surface area contributed by atoms with E-state index in [1.807, 2.05) is 48.5 Å². The highest BCUT2D eigenvalue weighted by molar-refractivity contribution is 5.91. The number of nitrogens with one attached hydrogen (secondary N) is 1. The number of anilines is 1. The summed E-state index contributed by atoms with van der Waals surface area (Å²) in [5.74, 6) is 0.854. The highest BCUT2D eigenvalue weighted by atomic mass is 16.1. The Hall–Kier alpha value is -3.80. The molecule has 2 aromatic heterocycles. The molecule has 1 N–H and O–H groups in total. The maximum atomic E-state index is 12.8. The van der Waals surface area contributed by atoms with Crippen molar-refractivity contribution in [3.8, 4) is 17.1 Å². The third-order valence-corrected chi connectivity index (χ3v) is 4.91. The molecule has 0 aliphatic rings. The number of carbonyl (C=O) groups excluding carboxylic acids is 1. The molecule has 4 aromatic rings. The maximum Gasteiger partial charge on any atom is 0.252 e. The van der Waals surface area contributed by atoms with E-state index in [-0.39, 0.29) is 17.7 Å². The molecule has 0 fully saturated rings.